The van der Waals surface area contributed by atoms with Crippen molar-refractivity contribution in [2.45, 2.75) is 19.4 Å². The van der Waals surface area contributed by atoms with Gasteiger partial charge in [0, 0.05) is 39.3 Å². The van der Waals surface area contributed by atoms with Crippen LogP contribution in [-0.2, 0) is 39.3 Å². The van der Waals surface area contributed by atoms with Crippen molar-refractivity contribution in [1.29, 1.82) is 0 Å². The first-order chi connectivity index (χ1) is 6.84. The summed E-state index contributed by atoms with van der Waals surface area (Å²) in [4.78, 5) is 2.54. The van der Waals surface area contributed by atoms with Crippen LogP contribution < -0.4 is 0 Å². The number of likely N-dealkylation sites (tertiary alicyclic amines) is 1. The summed E-state index contributed by atoms with van der Waals surface area (Å²) < 4.78 is 1.63. The zero-order valence-corrected chi connectivity index (χ0v) is 13.8. The van der Waals surface area contributed by atoms with Crippen LogP contribution in [0.2, 0.25) is 0 Å². The zero-order valence-electron chi connectivity index (χ0n) is 8.82. The van der Waals surface area contributed by atoms with Crippen LogP contribution in [-0.4, -0.2) is 18.0 Å². The van der Waals surface area contributed by atoms with Gasteiger partial charge in [0.2, 0.25) is 0 Å². The van der Waals surface area contributed by atoms with Gasteiger partial charge in [-0.1, -0.05) is 30.3 Å². The molecule has 15 heavy (non-hydrogen) atoms. The molecule has 1 aliphatic rings. The van der Waals surface area contributed by atoms with Crippen molar-refractivity contribution in [2.24, 2.45) is 0 Å². The summed E-state index contributed by atoms with van der Waals surface area (Å²) in [7, 11) is 0. The van der Waals surface area contributed by atoms with Gasteiger partial charge in [-0.25, -0.2) is 3.92 Å². The maximum Gasteiger partial charge on any atom is 0.0231 e. The third kappa shape index (κ3) is 4.80. The molecule has 0 spiro atoms. The number of rotatable bonds is 2. The Morgan fingerprint density at radius 2 is 1.73 bits per heavy atom. The first kappa shape index (κ1) is 14.1. The third-order valence-corrected chi connectivity index (χ3v) is 3.73. The van der Waals surface area contributed by atoms with Gasteiger partial charge in [0.05, 0.1) is 0 Å². The van der Waals surface area contributed by atoms with Crippen LogP contribution in [0.25, 0.3) is 0 Å². The molecule has 79 valence electrons. The molecule has 0 saturated carbocycles. The second kappa shape index (κ2) is 7.36. The van der Waals surface area contributed by atoms with Crippen molar-refractivity contribution in [1.82, 2.24) is 4.90 Å². The normalized spacial score (nSPS) is 18.5. The molecule has 1 aliphatic heterocycles. The molecule has 2 rings (SSSR count). The van der Waals surface area contributed by atoms with Gasteiger partial charge in [0.25, 0.3) is 0 Å². The minimum atomic E-state index is 0. The van der Waals surface area contributed by atoms with Gasteiger partial charge in [-0.15, -0.1) is 0 Å². The maximum absolute atomic E-state index is 2.54. The van der Waals surface area contributed by atoms with E-state index >= 15 is 0 Å². The molecule has 0 amide bonds. The quantitative estimate of drug-likeness (QED) is 0.555. The Morgan fingerprint density at radius 1 is 1.13 bits per heavy atom. The summed E-state index contributed by atoms with van der Waals surface area (Å²) >= 11 is 2.49. The minimum Gasteiger partial charge on any atom is -0.312 e. The van der Waals surface area contributed by atoms with E-state index in [0.717, 1.165) is 6.54 Å². The van der Waals surface area contributed by atoms with Gasteiger partial charge in [-0.05, 0) is 18.7 Å². The predicted octanol–water partition coefficient (Wildman–Crippen LogP) is 3.25. The molecule has 0 bridgehead atoms. The third-order valence-electron chi connectivity index (χ3n) is 2.65. The number of benzene rings is 1. The maximum atomic E-state index is 2.54. The molecule has 0 N–H and O–H groups in total. The van der Waals surface area contributed by atoms with Crippen LogP contribution in [0.1, 0.15) is 18.4 Å². The molecule has 0 unspecified atom stereocenters. The van der Waals surface area contributed by atoms with E-state index in [1.165, 1.54) is 31.5 Å². The van der Waals surface area contributed by atoms with Crippen molar-refractivity contribution in [3.05, 3.63) is 39.8 Å². The minimum absolute atomic E-state index is 0. The molecule has 0 aromatic heterocycles. The van der Waals surface area contributed by atoms with Crippen molar-refractivity contribution in [2.75, 3.05) is 13.1 Å². The number of halogens is 1. The topological polar surface area (TPSA) is 3.24 Å². The van der Waals surface area contributed by atoms with E-state index < -0.39 is 0 Å². The monoisotopic (exact) mass is 389 g/mol. The Hall–Kier alpha value is 1.01. The van der Waals surface area contributed by atoms with Gasteiger partial charge in [-0.2, -0.15) is 12.8 Å². The molecule has 1 aromatic carbocycles. The van der Waals surface area contributed by atoms with Gasteiger partial charge < -0.3 is 27.5 Å². The zero-order chi connectivity index (χ0) is 9.80. The van der Waals surface area contributed by atoms with Crippen molar-refractivity contribution >= 4 is 22.6 Å². The van der Waals surface area contributed by atoms with E-state index in [9.17, 15) is 0 Å². The SMILES string of the molecule is I[C-]1CCN(Cc2ccccc2)CC1.[Y]. The van der Waals surface area contributed by atoms with E-state index in [4.69, 9.17) is 0 Å². The van der Waals surface area contributed by atoms with Gasteiger partial charge in [-0.3, -0.25) is 0 Å². The Labute approximate surface area is 131 Å². The number of nitrogens with zero attached hydrogens (tertiary/aromatic N) is 1. The first-order valence-electron chi connectivity index (χ1n) is 5.11. The summed E-state index contributed by atoms with van der Waals surface area (Å²) in [5.41, 5.74) is 1.43. The molecule has 0 aliphatic carbocycles. The Morgan fingerprint density at radius 3 is 2.33 bits per heavy atom. The molecule has 0 atom stereocenters. The van der Waals surface area contributed by atoms with Crippen molar-refractivity contribution < 1.29 is 32.7 Å². The Balaban J connectivity index is 0.00000112. The number of hydrogen-bond donors (Lipinski definition) is 0. The number of hydrogen-bond acceptors (Lipinski definition) is 1. The first-order valence-corrected chi connectivity index (χ1v) is 6.19. The second-order valence-electron chi connectivity index (χ2n) is 3.78. The van der Waals surface area contributed by atoms with E-state index in [-0.39, 0.29) is 32.7 Å². The molecule has 1 saturated heterocycles. The number of piperidine rings is 1. The standard InChI is InChI=1S/C12H15IN.Y/c13-12-6-8-14(9-7-12)10-11-4-2-1-3-5-11;/h1-5H,6-10H2;/q-1;. The molecular weight excluding hydrogens is 374 g/mol. The molecular formula is C12H15INY-. The molecule has 1 fully saturated rings. The molecule has 1 nitrogen and oxygen atoms in total. The molecule has 1 aromatic rings. The van der Waals surface area contributed by atoms with Crippen LogP contribution in [0.3, 0.4) is 0 Å². The fourth-order valence-electron chi connectivity index (χ4n) is 1.80. The molecule has 1 heterocycles. The van der Waals surface area contributed by atoms with Crippen LogP contribution in [0.5, 0.6) is 0 Å². The van der Waals surface area contributed by atoms with E-state index in [1.54, 1.807) is 3.92 Å². The average molecular weight is 389 g/mol. The predicted molar refractivity (Wildman–Crippen MR) is 68.2 cm³/mol. The van der Waals surface area contributed by atoms with E-state index in [1.807, 2.05) is 0 Å². The van der Waals surface area contributed by atoms with Crippen LogP contribution in [0, 0.1) is 3.92 Å². The largest absolute Gasteiger partial charge is 0.312 e. The van der Waals surface area contributed by atoms with Gasteiger partial charge >= 0.3 is 0 Å². The summed E-state index contributed by atoms with van der Waals surface area (Å²) in [6.45, 7) is 3.57. The summed E-state index contributed by atoms with van der Waals surface area (Å²) in [5, 5.41) is 0. The van der Waals surface area contributed by atoms with Crippen LogP contribution >= 0.6 is 22.6 Å². The fraction of sp³-hybridized carbons (Fsp3) is 0.417. The van der Waals surface area contributed by atoms with Crippen molar-refractivity contribution in [3.63, 3.8) is 0 Å². The molecule has 3 heteroatoms. The summed E-state index contributed by atoms with van der Waals surface area (Å²) in [6, 6.07) is 10.7. The average Bonchev–Trinajstić information content (AvgIpc) is 2.23. The van der Waals surface area contributed by atoms with Gasteiger partial charge in [0.1, 0.15) is 0 Å². The summed E-state index contributed by atoms with van der Waals surface area (Å²) in [5.74, 6) is 0. The van der Waals surface area contributed by atoms with Crippen LogP contribution in [0.15, 0.2) is 30.3 Å². The fourth-order valence-corrected chi connectivity index (χ4v) is 2.28. The van der Waals surface area contributed by atoms with Crippen molar-refractivity contribution in [3.8, 4) is 0 Å². The second-order valence-corrected chi connectivity index (χ2v) is 5.30. The molecule has 1 radical (unpaired) electrons. The Kier molecular flexibility index (Phi) is 6.91. The Bertz CT molecular complexity index is 270. The van der Waals surface area contributed by atoms with E-state index in [0.29, 0.717) is 0 Å². The smallest absolute Gasteiger partial charge is 0.0231 e. The van der Waals surface area contributed by atoms with Crippen LogP contribution in [0.4, 0.5) is 0 Å². The summed E-state index contributed by atoms with van der Waals surface area (Å²) in [6.07, 6.45) is 2.54. The van der Waals surface area contributed by atoms with Gasteiger partial charge in [0.15, 0.2) is 0 Å². The van der Waals surface area contributed by atoms with E-state index in [2.05, 4.69) is 57.8 Å².